The Morgan fingerprint density at radius 3 is 1.19 bits per heavy atom. The minimum atomic E-state index is -1.75. The van der Waals surface area contributed by atoms with Crippen LogP contribution in [0.3, 0.4) is 0 Å². The van der Waals surface area contributed by atoms with Crippen LogP contribution in [-0.2, 0) is 0 Å². The van der Waals surface area contributed by atoms with E-state index in [0.717, 1.165) is 0 Å². The molecule has 0 rings (SSSR count). The van der Waals surface area contributed by atoms with E-state index in [0.29, 0.717) is 13.1 Å². The van der Waals surface area contributed by atoms with E-state index < -0.39 is 10.2 Å². The molecule has 0 aliphatic carbocycles. The van der Waals surface area contributed by atoms with Gasteiger partial charge in [0.05, 0.1) is 23.4 Å². The van der Waals surface area contributed by atoms with Crippen LogP contribution in [-0.4, -0.2) is 84.4 Å². The van der Waals surface area contributed by atoms with Gasteiger partial charge in [-0.1, -0.05) is 0 Å². The van der Waals surface area contributed by atoms with Crippen molar-refractivity contribution in [3.05, 3.63) is 30.6 Å². The van der Waals surface area contributed by atoms with Gasteiger partial charge < -0.3 is 46.2 Å². The average molecular weight is 269 g/mol. The molecule has 0 saturated heterocycles. The van der Waals surface area contributed by atoms with Gasteiger partial charge in [-0.25, -0.2) is 0 Å². The summed E-state index contributed by atoms with van der Waals surface area (Å²) in [4.78, 5) is 16.5. The third-order valence-corrected chi connectivity index (χ3v) is 0.577. The van der Waals surface area contributed by atoms with Crippen molar-refractivity contribution in [2.45, 2.75) is 0 Å². The fourth-order valence-corrected chi connectivity index (χ4v) is 0.283. The SMILES string of the molecule is O=[N+]([O-])[O-].O=[N+]([O-])[O-].OCCNCCO.[Ca+2]. The largest absolute Gasteiger partial charge is 2.00 e. The second kappa shape index (κ2) is 24.0. The summed E-state index contributed by atoms with van der Waals surface area (Å²) in [5, 5.41) is 48.6. The molecule has 0 amide bonds. The summed E-state index contributed by atoms with van der Waals surface area (Å²) in [5.41, 5.74) is 0. The molecule has 0 radical (unpaired) electrons. The van der Waals surface area contributed by atoms with Gasteiger partial charge in [-0.15, -0.1) is 0 Å². The van der Waals surface area contributed by atoms with Gasteiger partial charge in [-0.2, -0.15) is 0 Å². The third kappa shape index (κ3) is 170. The maximum atomic E-state index is 8.25. The first kappa shape index (κ1) is 24.7. The van der Waals surface area contributed by atoms with Crippen LogP contribution in [0.15, 0.2) is 0 Å². The smallest absolute Gasteiger partial charge is 0.395 e. The molecule has 0 aliphatic heterocycles. The monoisotopic (exact) mass is 269 g/mol. The van der Waals surface area contributed by atoms with Crippen LogP contribution < -0.4 is 5.32 Å². The zero-order valence-corrected chi connectivity index (χ0v) is 10.5. The third-order valence-electron chi connectivity index (χ3n) is 0.577. The molecule has 0 saturated carbocycles. The van der Waals surface area contributed by atoms with Crippen molar-refractivity contribution in [2.75, 3.05) is 26.3 Å². The summed E-state index contributed by atoms with van der Waals surface area (Å²) >= 11 is 0. The summed E-state index contributed by atoms with van der Waals surface area (Å²) in [6.07, 6.45) is 0. The van der Waals surface area contributed by atoms with Crippen LogP contribution in [0.4, 0.5) is 0 Å². The molecule has 92 valence electrons. The van der Waals surface area contributed by atoms with Crippen LogP contribution in [0.1, 0.15) is 0 Å². The molecule has 0 bridgehead atoms. The Balaban J connectivity index is -0.0000000700. The van der Waals surface area contributed by atoms with E-state index in [1.165, 1.54) is 0 Å². The predicted molar refractivity (Wildman–Crippen MR) is 53.5 cm³/mol. The van der Waals surface area contributed by atoms with Gasteiger partial charge in [0.15, 0.2) is 0 Å². The van der Waals surface area contributed by atoms with E-state index in [-0.39, 0.29) is 51.0 Å². The standard InChI is InChI=1S/C4H11NO2.Ca.2NO3/c6-3-1-5-2-4-7;;2*2-1(3)4/h5-7H,1-4H2;;;/q;+2;2*-1. The predicted octanol–water partition coefficient (Wildman–Crippen LogP) is -2.30. The van der Waals surface area contributed by atoms with Gasteiger partial charge in [0.2, 0.25) is 0 Å². The average Bonchev–Trinajstić information content (AvgIpc) is 2.03. The summed E-state index contributed by atoms with van der Waals surface area (Å²) in [6, 6.07) is 0. The first-order valence-corrected chi connectivity index (χ1v) is 3.44. The van der Waals surface area contributed by atoms with Crippen LogP contribution in [0.2, 0.25) is 0 Å². The molecule has 0 fully saturated rings. The van der Waals surface area contributed by atoms with E-state index in [1.54, 1.807) is 0 Å². The van der Waals surface area contributed by atoms with Crippen LogP contribution in [0, 0.1) is 30.6 Å². The fraction of sp³-hybridized carbons (Fsp3) is 1.00. The molecule has 0 aromatic carbocycles. The second-order valence-electron chi connectivity index (χ2n) is 1.64. The van der Waals surface area contributed by atoms with Gasteiger partial charge >= 0.3 is 37.7 Å². The molecule has 0 spiro atoms. The first-order valence-electron chi connectivity index (χ1n) is 3.44. The van der Waals surface area contributed by atoms with E-state index in [1.807, 2.05) is 0 Å². The molecule has 0 aliphatic rings. The Kier molecular flexibility index (Phi) is 37.0. The maximum Gasteiger partial charge on any atom is 2.00 e. The van der Waals surface area contributed by atoms with Crippen molar-refractivity contribution in [3.8, 4) is 0 Å². The molecule has 16 heavy (non-hydrogen) atoms. The van der Waals surface area contributed by atoms with E-state index >= 15 is 0 Å². The normalized spacial score (nSPS) is 7.12. The Labute approximate surface area is 120 Å². The van der Waals surface area contributed by atoms with Crippen LogP contribution in [0.5, 0.6) is 0 Å². The molecule has 0 aromatic heterocycles. The number of nitrogens with zero attached hydrogens (tertiary/aromatic N) is 2. The molecular weight excluding hydrogens is 258 g/mol. The molecule has 0 unspecified atom stereocenters. The van der Waals surface area contributed by atoms with Gasteiger partial charge in [0.1, 0.15) is 0 Å². The zero-order valence-electron chi connectivity index (χ0n) is 8.27. The Morgan fingerprint density at radius 1 is 0.875 bits per heavy atom. The molecule has 0 atom stereocenters. The second-order valence-corrected chi connectivity index (χ2v) is 1.64. The van der Waals surface area contributed by atoms with Gasteiger partial charge in [-0.05, 0) is 0 Å². The summed E-state index contributed by atoms with van der Waals surface area (Å²) in [5.74, 6) is 0. The van der Waals surface area contributed by atoms with Crippen molar-refractivity contribution >= 4 is 37.7 Å². The summed E-state index contributed by atoms with van der Waals surface area (Å²) in [6.45, 7) is 1.42. The number of nitrogens with one attached hydrogen (secondary N) is 1. The molecule has 11 nitrogen and oxygen atoms in total. The quantitative estimate of drug-likeness (QED) is 0.218. The molecule has 0 heterocycles. The van der Waals surface area contributed by atoms with Gasteiger partial charge in [0, 0.05) is 13.1 Å². The van der Waals surface area contributed by atoms with Crippen LogP contribution >= 0.6 is 0 Å². The van der Waals surface area contributed by atoms with Crippen molar-refractivity contribution in [1.29, 1.82) is 0 Å². The Bertz CT molecular complexity index is 134. The zero-order chi connectivity index (χ0) is 12.7. The number of rotatable bonds is 4. The van der Waals surface area contributed by atoms with Gasteiger partial charge in [-0.3, -0.25) is 0 Å². The van der Waals surface area contributed by atoms with E-state index in [2.05, 4.69) is 5.32 Å². The number of aliphatic hydroxyl groups excluding tert-OH is 2. The molecule has 3 N–H and O–H groups in total. The number of hydrogen-bond acceptors (Lipinski definition) is 9. The Hall–Kier alpha value is -0.460. The topological polar surface area (TPSA) is 185 Å². The minimum Gasteiger partial charge on any atom is -0.395 e. The van der Waals surface area contributed by atoms with E-state index in [4.69, 9.17) is 40.9 Å². The van der Waals surface area contributed by atoms with Crippen LogP contribution in [0.25, 0.3) is 0 Å². The maximum absolute atomic E-state index is 8.25. The van der Waals surface area contributed by atoms with Crippen molar-refractivity contribution in [3.63, 3.8) is 0 Å². The summed E-state index contributed by atoms with van der Waals surface area (Å²) in [7, 11) is 0. The minimum absolute atomic E-state index is 0. The van der Waals surface area contributed by atoms with E-state index in [9.17, 15) is 0 Å². The van der Waals surface area contributed by atoms with Crippen molar-refractivity contribution in [1.82, 2.24) is 5.32 Å². The first-order chi connectivity index (χ1) is 6.88. The molecular formula is C4H11CaN3O8. The van der Waals surface area contributed by atoms with Crippen molar-refractivity contribution < 1.29 is 20.4 Å². The van der Waals surface area contributed by atoms with Crippen molar-refractivity contribution in [2.24, 2.45) is 0 Å². The summed E-state index contributed by atoms with van der Waals surface area (Å²) < 4.78 is 0. The van der Waals surface area contributed by atoms with Gasteiger partial charge in [0.25, 0.3) is 0 Å². The fourth-order valence-electron chi connectivity index (χ4n) is 0.283. The number of aliphatic hydroxyl groups is 2. The molecule has 0 aromatic rings. The number of hydrogen-bond donors (Lipinski definition) is 3. The Morgan fingerprint density at radius 2 is 1.06 bits per heavy atom. The molecule has 12 heteroatoms.